The molecule has 1 heterocycles. The van der Waals surface area contributed by atoms with Gasteiger partial charge in [0.1, 0.15) is 0 Å². The summed E-state index contributed by atoms with van der Waals surface area (Å²) < 4.78 is 0. The number of hydrogen-bond acceptors (Lipinski definition) is 1. The molecule has 1 saturated heterocycles. The number of rotatable bonds is 3. The summed E-state index contributed by atoms with van der Waals surface area (Å²) in [4.78, 5) is 13.9. The van der Waals surface area contributed by atoms with Crippen LogP contribution in [0.1, 0.15) is 38.5 Å². The Morgan fingerprint density at radius 1 is 1.29 bits per heavy atom. The Bertz CT molecular complexity index is 215. The number of carbonyl (C=O) groups excluding carboxylic acids is 1. The van der Waals surface area contributed by atoms with Crippen LogP contribution in [0.5, 0.6) is 0 Å². The van der Waals surface area contributed by atoms with E-state index < -0.39 is 0 Å². The minimum Gasteiger partial charge on any atom is -0.339 e. The summed E-state index contributed by atoms with van der Waals surface area (Å²) >= 11 is 5.84. The molecule has 1 aliphatic heterocycles. The first-order chi connectivity index (χ1) is 6.81. The van der Waals surface area contributed by atoms with Crippen molar-refractivity contribution in [1.82, 2.24) is 4.90 Å². The molecule has 1 saturated carbocycles. The van der Waals surface area contributed by atoms with E-state index in [9.17, 15) is 4.79 Å². The van der Waals surface area contributed by atoms with Gasteiger partial charge in [-0.05, 0) is 31.6 Å². The fourth-order valence-corrected chi connectivity index (χ4v) is 2.71. The number of halogens is 1. The van der Waals surface area contributed by atoms with Gasteiger partial charge in [-0.1, -0.05) is 6.42 Å². The Balaban J connectivity index is 1.83. The molecule has 0 aromatic carbocycles. The van der Waals surface area contributed by atoms with Gasteiger partial charge in [0, 0.05) is 24.9 Å². The highest BCUT2D eigenvalue weighted by Gasteiger charge is 2.30. The van der Waals surface area contributed by atoms with Gasteiger partial charge < -0.3 is 4.90 Å². The van der Waals surface area contributed by atoms with E-state index in [4.69, 9.17) is 11.6 Å². The summed E-state index contributed by atoms with van der Waals surface area (Å²) in [5, 5.41) is 0. The molecule has 2 fully saturated rings. The molecule has 0 aromatic rings. The van der Waals surface area contributed by atoms with Gasteiger partial charge in [-0.2, -0.15) is 0 Å². The zero-order chi connectivity index (χ0) is 9.97. The van der Waals surface area contributed by atoms with Crippen molar-refractivity contribution < 1.29 is 4.79 Å². The van der Waals surface area contributed by atoms with Gasteiger partial charge >= 0.3 is 0 Å². The second-order valence-electron chi connectivity index (χ2n) is 4.54. The summed E-state index contributed by atoms with van der Waals surface area (Å²) in [6.45, 7) is 0.933. The van der Waals surface area contributed by atoms with E-state index in [0.29, 0.717) is 23.7 Å². The molecular formula is C11H18ClNO. The minimum absolute atomic E-state index is 0.323. The third kappa shape index (κ3) is 2.05. The molecule has 2 rings (SSSR count). The van der Waals surface area contributed by atoms with Crippen LogP contribution in [0.3, 0.4) is 0 Å². The summed E-state index contributed by atoms with van der Waals surface area (Å²) in [6, 6.07) is 0.323. The first-order valence-corrected chi connectivity index (χ1v) is 6.20. The van der Waals surface area contributed by atoms with E-state index in [1.54, 1.807) is 0 Å². The number of alkyl halides is 1. The van der Waals surface area contributed by atoms with E-state index in [0.717, 1.165) is 25.8 Å². The molecule has 0 N–H and O–H groups in total. The number of nitrogens with zero attached hydrogens (tertiary/aromatic N) is 1. The van der Waals surface area contributed by atoms with Gasteiger partial charge in [0.15, 0.2) is 0 Å². The van der Waals surface area contributed by atoms with E-state index in [-0.39, 0.29) is 0 Å². The zero-order valence-electron chi connectivity index (χ0n) is 8.54. The second-order valence-corrected chi connectivity index (χ2v) is 4.85. The average Bonchev–Trinajstić information content (AvgIpc) is 2.58. The van der Waals surface area contributed by atoms with Gasteiger partial charge in [0.2, 0.25) is 5.91 Å². The topological polar surface area (TPSA) is 20.3 Å². The van der Waals surface area contributed by atoms with Crippen LogP contribution >= 0.6 is 11.6 Å². The first-order valence-electron chi connectivity index (χ1n) is 5.66. The molecular weight excluding hydrogens is 198 g/mol. The van der Waals surface area contributed by atoms with Crippen LogP contribution in [0.2, 0.25) is 0 Å². The van der Waals surface area contributed by atoms with Gasteiger partial charge in [-0.3, -0.25) is 4.79 Å². The third-order valence-electron chi connectivity index (χ3n) is 3.56. The molecule has 0 spiro atoms. The number of carbonyl (C=O) groups is 1. The van der Waals surface area contributed by atoms with Crippen molar-refractivity contribution in [3.8, 4) is 0 Å². The standard InChI is InChI=1S/C11H18ClNO/c12-8-10-5-2-6-13(10)11(14)7-9-3-1-4-9/h9-10H,1-8H2. The van der Waals surface area contributed by atoms with Crippen molar-refractivity contribution in [2.75, 3.05) is 12.4 Å². The second kappa shape index (κ2) is 4.52. The molecule has 1 atom stereocenters. The normalized spacial score (nSPS) is 27.8. The molecule has 1 unspecified atom stereocenters. The minimum atomic E-state index is 0.323. The van der Waals surface area contributed by atoms with Crippen molar-refractivity contribution in [1.29, 1.82) is 0 Å². The average molecular weight is 216 g/mol. The van der Waals surface area contributed by atoms with Crippen molar-refractivity contribution in [2.24, 2.45) is 5.92 Å². The highest BCUT2D eigenvalue weighted by molar-refractivity contribution is 6.18. The first kappa shape index (κ1) is 10.3. The lowest BCUT2D eigenvalue weighted by molar-refractivity contribution is -0.133. The predicted octanol–water partition coefficient (Wildman–Crippen LogP) is 2.41. The lowest BCUT2D eigenvalue weighted by Gasteiger charge is -2.29. The van der Waals surface area contributed by atoms with Crippen LogP contribution in [0, 0.1) is 5.92 Å². The Labute approximate surface area is 90.6 Å². The van der Waals surface area contributed by atoms with E-state index >= 15 is 0 Å². The maximum absolute atomic E-state index is 11.9. The molecule has 80 valence electrons. The summed E-state index contributed by atoms with van der Waals surface area (Å²) in [7, 11) is 0. The highest BCUT2D eigenvalue weighted by atomic mass is 35.5. The van der Waals surface area contributed by atoms with Gasteiger partial charge in [-0.15, -0.1) is 11.6 Å². The van der Waals surface area contributed by atoms with E-state index in [2.05, 4.69) is 0 Å². The Hall–Kier alpha value is -0.240. The molecule has 3 heteroatoms. The van der Waals surface area contributed by atoms with Crippen LogP contribution in [-0.2, 0) is 4.79 Å². The smallest absolute Gasteiger partial charge is 0.223 e. The fourth-order valence-electron chi connectivity index (χ4n) is 2.39. The summed E-state index contributed by atoms with van der Waals surface area (Å²) in [5.74, 6) is 1.63. The predicted molar refractivity (Wildman–Crippen MR) is 57.4 cm³/mol. The number of likely N-dealkylation sites (tertiary alicyclic amines) is 1. The summed E-state index contributed by atoms with van der Waals surface area (Å²) in [5.41, 5.74) is 0. The van der Waals surface area contributed by atoms with Gasteiger partial charge in [0.05, 0.1) is 0 Å². The Kier molecular flexibility index (Phi) is 3.32. The molecule has 1 amide bonds. The quantitative estimate of drug-likeness (QED) is 0.663. The van der Waals surface area contributed by atoms with Crippen LogP contribution in [-0.4, -0.2) is 29.3 Å². The fraction of sp³-hybridized carbons (Fsp3) is 0.909. The molecule has 0 radical (unpaired) electrons. The highest BCUT2D eigenvalue weighted by Crippen LogP contribution is 2.31. The molecule has 0 bridgehead atoms. The maximum atomic E-state index is 11.9. The molecule has 1 aliphatic carbocycles. The monoisotopic (exact) mass is 215 g/mol. The van der Waals surface area contributed by atoms with Crippen molar-refractivity contribution in [3.05, 3.63) is 0 Å². The lowest BCUT2D eigenvalue weighted by atomic mass is 9.82. The number of hydrogen-bond donors (Lipinski definition) is 0. The lowest BCUT2D eigenvalue weighted by Crippen LogP contribution is -2.38. The SMILES string of the molecule is O=C(CC1CCC1)N1CCCC1CCl. The third-order valence-corrected chi connectivity index (χ3v) is 3.92. The molecule has 2 nitrogen and oxygen atoms in total. The van der Waals surface area contributed by atoms with Crippen molar-refractivity contribution >= 4 is 17.5 Å². The van der Waals surface area contributed by atoms with Crippen LogP contribution in [0.15, 0.2) is 0 Å². The molecule has 2 aliphatic rings. The van der Waals surface area contributed by atoms with Crippen molar-refractivity contribution in [3.63, 3.8) is 0 Å². The van der Waals surface area contributed by atoms with Crippen LogP contribution < -0.4 is 0 Å². The Morgan fingerprint density at radius 3 is 2.64 bits per heavy atom. The summed E-state index contributed by atoms with van der Waals surface area (Å²) in [6.07, 6.45) is 6.83. The molecule has 0 aromatic heterocycles. The molecule has 14 heavy (non-hydrogen) atoms. The zero-order valence-corrected chi connectivity index (χ0v) is 9.30. The Morgan fingerprint density at radius 2 is 2.07 bits per heavy atom. The number of amides is 1. The van der Waals surface area contributed by atoms with Crippen LogP contribution in [0.25, 0.3) is 0 Å². The van der Waals surface area contributed by atoms with Gasteiger partial charge in [-0.25, -0.2) is 0 Å². The maximum Gasteiger partial charge on any atom is 0.223 e. The van der Waals surface area contributed by atoms with Gasteiger partial charge in [0.25, 0.3) is 0 Å². The van der Waals surface area contributed by atoms with Crippen molar-refractivity contribution in [2.45, 2.75) is 44.6 Å². The van der Waals surface area contributed by atoms with E-state index in [1.165, 1.54) is 19.3 Å². The largest absolute Gasteiger partial charge is 0.339 e. The van der Waals surface area contributed by atoms with Crippen LogP contribution in [0.4, 0.5) is 0 Å². The van der Waals surface area contributed by atoms with E-state index in [1.807, 2.05) is 4.90 Å².